The summed E-state index contributed by atoms with van der Waals surface area (Å²) in [6, 6.07) is 0. The highest BCUT2D eigenvalue weighted by Gasteiger charge is 2.52. The van der Waals surface area contributed by atoms with Crippen molar-refractivity contribution >= 4 is 0 Å². The van der Waals surface area contributed by atoms with Crippen LogP contribution in [0, 0.1) is 28.6 Å². The maximum atomic E-state index is 5.77. The highest BCUT2D eigenvalue weighted by Crippen LogP contribution is 2.58. The van der Waals surface area contributed by atoms with Crippen LogP contribution in [0.2, 0.25) is 0 Å². The van der Waals surface area contributed by atoms with E-state index in [4.69, 9.17) is 4.74 Å². The van der Waals surface area contributed by atoms with Gasteiger partial charge in [-0.1, -0.05) is 33.6 Å². The Hall–Kier alpha value is -0.0400. The minimum Gasteiger partial charge on any atom is -0.381 e. The second kappa shape index (κ2) is 3.48. The van der Waals surface area contributed by atoms with Crippen LogP contribution in [0.15, 0.2) is 0 Å². The number of fused-ring (bicyclic) bond motifs is 2. The fourth-order valence-corrected chi connectivity index (χ4v) is 4.77. The molecule has 3 aliphatic rings. The molecule has 1 aliphatic heterocycles. The molecular formula is C15H26O. The van der Waals surface area contributed by atoms with Gasteiger partial charge in [-0.15, -0.1) is 0 Å². The van der Waals surface area contributed by atoms with Crippen molar-refractivity contribution in [2.45, 2.75) is 52.9 Å². The molecule has 0 radical (unpaired) electrons. The Morgan fingerprint density at radius 3 is 2.81 bits per heavy atom. The molecule has 1 nitrogen and oxygen atoms in total. The Kier molecular flexibility index (Phi) is 2.41. The molecular weight excluding hydrogens is 196 g/mol. The third-order valence-corrected chi connectivity index (χ3v) is 5.98. The maximum absolute atomic E-state index is 5.77. The van der Waals surface area contributed by atoms with Crippen molar-refractivity contribution in [2.75, 3.05) is 13.2 Å². The molecule has 0 bridgehead atoms. The summed E-state index contributed by atoms with van der Waals surface area (Å²) in [6.45, 7) is 9.55. The fourth-order valence-electron chi connectivity index (χ4n) is 4.77. The van der Waals surface area contributed by atoms with Crippen LogP contribution in [-0.2, 0) is 4.74 Å². The lowest BCUT2D eigenvalue weighted by Gasteiger charge is -2.53. The summed E-state index contributed by atoms with van der Waals surface area (Å²) in [5, 5.41) is 0. The van der Waals surface area contributed by atoms with Gasteiger partial charge in [0.15, 0.2) is 0 Å². The summed E-state index contributed by atoms with van der Waals surface area (Å²) >= 11 is 0. The molecule has 2 aliphatic carbocycles. The van der Waals surface area contributed by atoms with Crippen molar-refractivity contribution in [1.29, 1.82) is 0 Å². The predicted octanol–water partition coefficient (Wildman–Crippen LogP) is 3.88. The van der Waals surface area contributed by atoms with Crippen molar-refractivity contribution < 1.29 is 4.74 Å². The zero-order chi connectivity index (χ0) is 11.4. The normalized spacial score (nSPS) is 50.8. The standard InChI is InChI=1S/C15H26O/c1-14(2)6-4-5-11-7-12-9-16-10-15(12,3)8-13(11)14/h11-13H,4-10H2,1-3H3. The zero-order valence-electron chi connectivity index (χ0n) is 11.1. The maximum Gasteiger partial charge on any atom is 0.0523 e. The molecule has 1 saturated heterocycles. The van der Waals surface area contributed by atoms with Crippen LogP contribution in [0.3, 0.4) is 0 Å². The zero-order valence-corrected chi connectivity index (χ0v) is 11.1. The first-order valence-corrected chi connectivity index (χ1v) is 7.09. The van der Waals surface area contributed by atoms with E-state index < -0.39 is 0 Å². The van der Waals surface area contributed by atoms with E-state index in [1.165, 1.54) is 32.1 Å². The summed E-state index contributed by atoms with van der Waals surface area (Å²) in [4.78, 5) is 0. The quantitative estimate of drug-likeness (QED) is 0.604. The number of ether oxygens (including phenoxy) is 1. The molecule has 1 heterocycles. The third-order valence-electron chi connectivity index (χ3n) is 5.98. The smallest absolute Gasteiger partial charge is 0.0523 e. The fraction of sp³-hybridized carbons (Fsp3) is 1.00. The first-order chi connectivity index (χ1) is 7.51. The molecule has 0 amide bonds. The average molecular weight is 222 g/mol. The Labute approximate surface area is 99.9 Å². The van der Waals surface area contributed by atoms with Gasteiger partial charge in [-0.25, -0.2) is 0 Å². The minimum atomic E-state index is 0.510. The van der Waals surface area contributed by atoms with E-state index >= 15 is 0 Å². The molecule has 0 aromatic carbocycles. The van der Waals surface area contributed by atoms with E-state index in [9.17, 15) is 0 Å². The number of rotatable bonds is 0. The first-order valence-electron chi connectivity index (χ1n) is 7.09. The summed E-state index contributed by atoms with van der Waals surface area (Å²) in [5.74, 6) is 2.83. The van der Waals surface area contributed by atoms with Crippen molar-refractivity contribution in [3.63, 3.8) is 0 Å². The average Bonchev–Trinajstić information content (AvgIpc) is 2.56. The molecule has 2 saturated carbocycles. The summed E-state index contributed by atoms with van der Waals surface area (Å²) < 4.78 is 5.77. The minimum absolute atomic E-state index is 0.510. The lowest BCUT2D eigenvalue weighted by molar-refractivity contribution is -0.0311. The van der Waals surface area contributed by atoms with Gasteiger partial charge in [0, 0.05) is 0 Å². The Balaban J connectivity index is 1.85. The molecule has 0 N–H and O–H groups in total. The van der Waals surface area contributed by atoms with Crippen molar-refractivity contribution in [3.8, 4) is 0 Å². The molecule has 0 aromatic heterocycles. The van der Waals surface area contributed by atoms with E-state index in [1.807, 2.05) is 0 Å². The van der Waals surface area contributed by atoms with Crippen LogP contribution in [0.4, 0.5) is 0 Å². The highest BCUT2D eigenvalue weighted by molar-refractivity contribution is 5.01. The van der Waals surface area contributed by atoms with Crippen LogP contribution < -0.4 is 0 Å². The molecule has 4 atom stereocenters. The monoisotopic (exact) mass is 222 g/mol. The van der Waals surface area contributed by atoms with Crippen LogP contribution in [0.1, 0.15) is 52.9 Å². The molecule has 3 fully saturated rings. The van der Waals surface area contributed by atoms with Gasteiger partial charge in [0.1, 0.15) is 0 Å². The summed E-state index contributed by atoms with van der Waals surface area (Å²) in [6.07, 6.45) is 7.26. The largest absolute Gasteiger partial charge is 0.381 e. The molecule has 92 valence electrons. The number of hydrogen-bond donors (Lipinski definition) is 0. The van der Waals surface area contributed by atoms with Gasteiger partial charge >= 0.3 is 0 Å². The molecule has 16 heavy (non-hydrogen) atoms. The molecule has 0 spiro atoms. The van der Waals surface area contributed by atoms with Gasteiger partial charge in [0.2, 0.25) is 0 Å². The van der Waals surface area contributed by atoms with Crippen molar-refractivity contribution in [2.24, 2.45) is 28.6 Å². The van der Waals surface area contributed by atoms with E-state index in [2.05, 4.69) is 20.8 Å². The molecule has 3 rings (SSSR count). The summed E-state index contributed by atoms with van der Waals surface area (Å²) in [5.41, 5.74) is 1.09. The van der Waals surface area contributed by atoms with Crippen LogP contribution in [0.25, 0.3) is 0 Å². The lowest BCUT2D eigenvalue weighted by atomic mass is 9.52. The Morgan fingerprint density at radius 1 is 1.19 bits per heavy atom. The van der Waals surface area contributed by atoms with Crippen LogP contribution in [0.5, 0.6) is 0 Å². The van der Waals surface area contributed by atoms with Gasteiger partial charge < -0.3 is 4.74 Å². The molecule has 0 aromatic rings. The second-order valence-electron chi connectivity index (χ2n) is 7.55. The first kappa shape index (κ1) is 11.1. The van der Waals surface area contributed by atoms with Gasteiger partial charge in [0.05, 0.1) is 13.2 Å². The van der Waals surface area contributed by atoms with Crippen molar-refractivity contribution in [1.82, 2.24) is 0 Å². The molecule has 4 unspecified atom stereocenters. The van der Waals surface area contributed by atoms with Gasteiger partial charge in [-0.05, 0) is 47.8 Å². The van der Waals surface area contributed by atoms with Gasteiger partial charge in [-0.3, -0.25) is 0 Å². The third kappa shape index (κ3) is 1.54. The molecule has 1 heteroatoms. The topological polar surface area (TPSA) is 9.23 Å². The van der Waals surface area contributed by atoms with E-state index in [1.54, 1.807) is 0 Å². The van der Waals surface area contributed by atoms with E-state index in [-0.39, 0.29) is 0 Å². The van der Waals surface area contributed by atoms with Crippen molar-refractivity contribution in [3.05, 3.63) is 0 Å². The van der Waals surface area contributed by atoms with Gasteiger partial charge in [-0.2, -0.15) is 0 Å². The lowest BCUT2D eigenvalue weighted by Crippen LogP contribution is -2.46. The Morgan fingerprint density at radius 2 is 2.00 bits per heavy atom. The second-order valence-corrected chi connectivity index (χ2v) is 7.55. The summed E-state index contributed by atoms with van der Waals surface area (Å²) in [7, 11) is 0. The van der Waals surface area contributed by atoms with E-state index in [0.717, 1.165) is 31.0 Å². The highest BCUT2D eigenvalue weighted by atomic mass is 16.5. The Bertz CT molecular complexity index is 283. The van der Waals surface area contributed by atoms with Crippen LogP contribution >= 0.6 is 0 Å². The van der Waals surface area contributed by atoms with Crippen LogP contribution in [-0.4, -0.2) is 13.2 Å². The number of hydrogen-bond acceptors (Lipinski definition) is 1. The van der Waals surface area contributed by atoms with E-state index in [0.29, 0.717) is 10.8 Å². The van der Waals surface area contributed by atoms with Gasteiger partial charge in [0.25, 0.3) is 0 Å². The SMILES string of the molecule is CC1(C)CCCC2CC3COCC3(C)CC21. The predicted molar refractivity (Wildman–Crippen MR) is 66.3 cm³/mol.